The van der Waals surface area contributed by atoms with Crippen LogP contribution in [0.1, 0.15) is 23.6 Å². The number of aryl methyl sites for hydroxylation is 1. The molecule has 212 valence electrons. The van der Waals surface area contributed by atoms with Crippen molar-refractivity contribution in [3.63, 3.8) is 0 Å². The minimum atomic E-state index is -4.11. The van der Waals surface area contributed by atoms with Crippen LogP contribution >= 0.6 is 0 Å². The summed E-state index contributed by atoms with van der Waals surface area (Å²) in [5.41, 5.74) is 2.83. The Labute approximate surface area is 242 Å². The Morgan fingerprint density at radius 1 is 0.756 bits per heavy atom. The SMILES string of the molecule is CCNC(=O)C(Cc1ccccc1)N(Cc1ccccc1)C(=O)CN(c1ccccc1C)S(=O)(=O)c1ccccc1. The van der Waals surface area contributed by atoms with E-state index in [4.69, 9.17) is 0 Å². The third-order valence-electron chi connectivity index (χ3n) is 6.81. The van der Waals surface area contributed by atoms with Gasteiger partial charge in [-0.3, -0.25) is 13.9 Å². The molecule has 0 aliphatic rings. The van der Waals surface area contributed by atoms with Crippen molar-refractivity contribution in [2.24, 2.45) is 0 Å². The Hall–Kier alpha value is -4.43. The molecule has 1 N–H and O–H groups in total. The van der Waals surface area contributed by atoms with E-state index in [-0.39, 0.29) is 23.8 Å². The minimum absolute atomic E-state index is 0.0789. The van der Waals surface area contributed by atoms with Gasteiger partial charge in [-0.2, -0.15) is 0 Å². The minimum Gasteiger partial charge on any atom is -0.355 e. The molecule has 0 saturated heterocycles. The van der Waals surface area contributed by atoms with Gasteiger partial charge in [-0.05, 0) is 48.7 Å². The number of amides is 2. The molecule has 7 nitrogen and oxygen atoms in total. The Bertz CT molecular complexity index is 1550. The molecule has 4 aromatic carbocycles. The molecule has 0 aromatic heterocycles. The molecule has 8 heteroatoms. The number of nitrogens with one attached hydrogen (secondary N) is 1. The maximum atomic E-state index is 14.3. The standard InChI is InChI=1S/C33H35N3O4S/c1-3-34-33(38)31(23-27-16-7-4-8-17-27)35(24-28-18-9-5-10-19-28)32(37)25-36(30-22-14-13-15-26(30)2)41(39,40)29-20-11-6-12-21-29/h4-22,31H,3,23-25H2,1-2H3,(H,34,38). The molecule has 4 aromatic rings. The van der Waals surface area contributed by atoms with E-state index >= 15 is 0 Å². The highest BCUT2D eigenvalue weighted by atomic mass is 32.2. The van der Waals surface area contributed by atoms with E-state index in [9.17, 15) is 18.0 Å². The Morgan fingerprint density at radius 2 is 1.29 bits per heavy atom. The second-order valence-electron chi connectivity index (χ2n) is 9.72. The molecule has 2 amide bonds. The van der Waals surface area contributed by atoms with E-state index < -0.39 is 28.5 Å². The highest BCUT2D eigenvalue weighted by molar-refractivity contribution is 7.92. The number of carbonyl (C=O) groups excluding carboxylic acids is 2. The molecule has 4 rings (SSSR count). The number of anilines is 1. The normalized spacial score (nSPS) is 11.9. The molecule has 0 fully saturated rings. The second kappa shape index (κ2) is 13.8. The van der Waals surface area contributed by atoms with Gasteiger partial charge in [-0.15, -0.1) is 0 Å². The summed E-state index contributed by atoms with van der Waals surface area (Å²) < 4.78 is 29.1. The topological polar surface area (TPSA) is 86.8 Å². The molecule has 0 aliphatic heterocycles. The van der Waals surface area contributed by atoms with E-state index in [1.165, 1.54) is 17.0 Å². The molecule has 0 radical (unpaired) electrons. The summed E-state index contributed by atoms with van der Waals surface area (Å²) in [5, 5.41) is 2.87. The van der Waals surface area contributed by atoms with Crippen LogP contribution in [0, 0.1) is 6.92 Å². The molecule has 0 bridgehead atoms. The monoisotopic (exact) mass is 569 g/mol. The smallest absolute Gasteiger partial charge is 0.264 e. The zero-order chi connectivity index (χ0) is 29.2. The quantitative estimate of drug-likeness (QED) is 0.261. The van der Waals surface area contributed by atoms with Gasteiger partial charge in [0.25, 0.3) is 10.0 Å². The highest BCUT2D eigenvalue weighted by Crippen LogP contribution is 2.27. The first-order valence-corrected chi connectivity index (χ1v) is 15.0. The highest BCUT2D eigenvalue weighted by Gasteiger charge is 2.34. The van der Waals surface area contributed by atoms with Gasteiger partial charge in [0.05, 0.1) is 10.6 Å². The van der Waals surface area contributed by atoms with Crippen molar-refractivity contribution in [1.29, 1.82) is 0 Å². The third-order valence-corrected chi connectivity index (χ3v) is 8.59. The van der Waals surface area contributed by atoms with E-state index in [2.05, 4.69) is 5.32 Å². The average molecular weight is 570 g/mol. The first-order valence-electron chi connectivity index (χ1n) is 13.6. The fourth-order valence-corrected chi connectivity index (χ4v) is 6.20. The van der Waals surface area contributed by atoms with Gasteiger partial charge in [-0.1, -0.05) is 97.1 Å². The predicted molar refractivity (Wildman–Crippen MR) is 162 cm³/mol. The lowest BCUT2D eigenvalue weighted by molar-refractivity contribution is -0.140. The summed E-state index contributed by atoms with van der Waals surface area (Å²) >= 11 is 0. The van der Waals surface area contributed by atoms with Crippen molar-refractivity contribution in [3.05, 3.63) is 132 Å². The van der Waals surface area contributed by atoms with Crippen molar-refractivity contribution < 1.29 is 18.0 Å². The number of rotatable bonds is 12. The summed E-state index contributed by atoms with van der Waals surface area (Å²) in [6.45, 7) is 3.70. The number of hydrogen-bond acceptors (Lipinski definition) is 4. The van der Waals surface area contributed by atoms with Crippen LogP contribution in [0.15, 0.2) is 120 Å². The van der Waals surface area contributed by atoms with Crippen LogP contribution in [0.25, 0.3) is 0 Å². The van der Waals surface area contributed by atoms with Crippen LogP contribution in [0.4, 0.5) is 5.69 Å². The van der Waals surface area contributed by atoms with Crippen molar-refractivity contribution in [1.82, 2.24) is 10.2 Å². The lowest BCUT2D eigenvalue weighted by Crippen LogP contribution is -2.53. The Balaban J connectivity index is 1.78. The number of benzene rings is 4. The summed E-state index contributed by atoms with van der Waals surface area (Å²) in [6, 6.07) is 33.2. The molecular weight excluding hydrogens is 534 g/mol. The fourth-order valence-electron chi connectivity index (χ4n) is 4.70. The zero-order valence-electron chi connectivity index (χ0n) is 23.3. The van der Waals surface area contributed by atoms with Crippen LogP contribution in [-0.4, -0.2) is 44.3 Å². The van der Waals surface area contributed by atoms with Gasteiger partial charge >= 0.3 is 0 Å². The number of para-hydroxylation sites is 1. The van der Waals surface area contributed by atoms with E-state index in [1.807, 2.05) is 86.6 Å². The molecular formula is C33H35N3O4S. The summed E-state index contributed by atoms with van der Waals surface area (Å²) in [4.78, 5) is 29.4. The van der Waals surface area contributed by atoms with Crippen LogP contribution in [-0.2, 0) is 32.6 Å². The third kappa shape index (κ3) is 7.41. The Kier molecular flexibility index (Phi) is 9.92. The molecule has 0 aliphatic carbocycles. The van der Waals surface area contributed by atoms with Crippen LogP contribution < -0.4 is 9.62 Å². The van der Waals surface area contributed by atoms with E-state index in [0.717, 1.165) is 15.4 Å². The van der Waals surface area contributed by atoms with E-state index in [1.54, 1.807) is 30.3 Å². The predicted octanol–water partition coefficient (Wildman–Crippen LogP) is 4.97. The van der Waals surface area contributed by atoms with Crippen molar-refractivity contribution in [2.45, 2.75) is 37.8 Å². The molecule has 0 heterocycles. The lowest BCUT2D eigenvalue weighted by Gasteiger charge is -2.34. The summed E-state index contributed by atoms with van der Waals surface area (Å²) in [5.74, 6) is -0.780. The summed E-state index contributed by atoms with van der Waals surface area (Å²) in [7, 11) is -4.11. The lowest BCUT2D eigenvalue weighted by atomic mass is 10.0. The molecule has 1 unspecified atom stereocenters. The van der Waals surface area contributed by atoms with Gasteiger partial charge in [0, 0.05) is 19.5 Å². The van der Waals surface area contributed by atoms with Gasteiger partial charge < -0.3 is 10.2 Å². The maximum Gasteiger partial charge on any atom is 0.264 e. The summed E-state index contributed by atoms with van der Waals surface area (Å²) in [6.07, 6.45) is 0.279. The Morgan fingerprint density at radius 3 is 1.88 bits per heavy atom. The van der Waals surface area contributed by atoms with Crippen molar-refractivity contribution in [3.8, 4) is 0 Å². The van der Waals surface area contributed by atoms with Gasteiger partial charge in [0.1, 0.15) is 12.6 Å². The largest absolute Gasteiger partial charge is 0.355 e. The van der Waals surface area contributed by atoms with E-state index in [0.29, 0.717) is 17.8 Å². The number of likely N-dealkylation sites (N-methyl/N-ethyl adjacent to an activating group) is 1. The van der Waals surface area contributed by atoms with Crippen molar-refractivity contribution >= 4 is 27.5 Å². The molecule has 0 saturated carbocycles. The van der Waals surface area contributed by atoms with Crippen molar-refractivity contribution in [2.75, 3.05) is 17.4 Å². The number of carbonyl (C=O) groups is 2. The first kappa shape index (κ1) is 29.6. The van der Waals surface area contributed by atoms with Crippen LogP contribution in [0.5, 0.6) is 0 Å². The number of hydrogen-bond donors (Lipinski definition) is 1. The fraction of sp³-hybridized carbons (Fsp3) is 0.212. The van der Waals surface area contributed by atoms with Crippen LogP contribution in [0.2, 0.25) is 0 Å². The second-order valence-corrected chi connectivity index (χ2v) is 11.6. The molecule has 1 atom stereocenters. The number of sulfonamides is 1. The zero-order valence-corrected chi connectivity index (χ0v) is 24.1. The first-order chi connectivity index (χ1) is 19.8. The number of nitrogens with zero attached hydrogens (tertiary/aromatic N) is 2. The molecule has 41 heavy (non-hydrogen) atoms. The maximum absolute atomic E-state index is 14.3. The molecule has 0 spiro atoms. The van der Waals surface area contributed by atoms with Gasteiger partial charge in [0.2, 0.25) is 11.8 Å². The van der Waals surface area contributed by atoms with Gasteiger partial charge in [-0.25, -0.2) is 8.42 Å². The average Bonchev–Trinajstić information content (AvgIpc) is 2.99. The van der Waals surface area contributed by atoms with Gasteiger partial charge in [0.15, 0.2) is 0 Å². The van der Waals surface area contributed by atoms with Crippen LogP contribution in [0.3, 0.4) is 0 Å².